The summed E-state index contributed by atoms with van der Waals surface area (Å²) >= 11 is 0. The van der Waals surface area contributed by atoms with Crippen molar-refractivity contribution in [3.63, 3.8) is 0 Å². The molecule has 17 heavy (non-hydrogen) atoms. The largest absolute Gasteiger partial charge is 0.466 e. The Balaban J connectivity index is 2.21. The molecule has 0 aromatic rings. The Kier molecular flexibility index (Phi) is 6.19. The van der Waals surface area contributed by atoms with Gasteiger partial charge in [0.05, 0.1) is 13.2 Å². The molecule has 1 rings (SSSR count). The molecule has 98 valence electrons. The van der Waals surface area contributed by atoms with Crippen LogP contribution >= 0.6 is 0 Å². The zero-order chi connectivity index (χ0) is 12.7. The van der Waals surface area contributed by atoms with Crippen molar-refractivity contribution < 1.29 is 14.3 Å². The molecule has 0 amide bonds. The highest BCUT2D eigenvalue weighted by molar-refractivity contribution is 5.96. The number of carbonyl (C=O) groups is 2. The summed E-state index contributed by atoms with van der Waals surface area (Å²) in [6, 6.07) is 0. The second kappa shape index (κ2) is 7.43. The molecule has 1 aliphatic rings. The van der Waals surface area contributed by atoms with E-state index in [1.165, 1.54) is 19.3 Å². The van der Waals surface area contributed by atoms with E-state index >= 15 is 0 Å². The third kappa shape index (κ3) is 5.31. The first kappa shape index (κ1) is 14.2. The van der Waals surface area contributed by atoms with Gasteiger partial charge >= 0.3 is 5.97 Å². The Morgan fingerprint density at radius 3 is 2.76 bits per heavy atom. The van der Waals surface area contributed by atoms with Gasteiger partial charge in [0.2, 0.25) is 0 Å². The smallest absolute Gasteiger partial charge is 0.313 e. The average molecular weight is 241 g/mol. The molecule has 1 fully saturated rings. The third-order valence-corrected chi connectivity index (χ3v) is 3.11. The van der Waals surface area contributed by atoms with Crippen molar-refractivity contribution in [2.75, 3.05) is 26.2 Å². The molecule has 0 saturated carbocycles. The third-order valence-electron chi connectivity index (χ3n) is 3.11. The summed E-state index contributed by atoms with van der Waals surface area (Å²) in [6.45, 7) is 6.67. The zero-order valence-electron chi connectivity index (χ0n) is 10.9. The van der Waals surface area contributed by atoms with Crippen molar-refractivity contribution in [1.82, 2.24) is 4.90 Å². The van der Waals surface area contributed by atoms with Gasteiger partial charge in [0.1, 0.15) is 6.42 Å². The quantitative estimate of drug-likeness (QED) is 0.502. The Morgan fingerprint density at radius 1 is 1.35 bits per heavy atom. The van der Waals surface area contributed by atoms with Gasteiger partial charge in [-0.2, -0.15) is 0 Å². The number of hydrogen-bond acceptors (Lipinski definition) is 4. The second-order valence-electron chi connectivity index (χ2n) is 4.70. The summed E-state index contributed by atoms with van der Waals surface area (Å²) in [7, 11) is 0. The molecule has 4 nitrogen and oxygen atoms in total. The Morgan fingerprint density at radius 2 is 2.12 bits per heavy atom. The van der Waals surface area contributed by atoms with E-state index in [0.717, 1.165) is 19.0 Å². The SMILES string of the molecule is CCCC1CCN(CC(=O)CC(=O)OCC)C1. The van der Waals surface area contributed by atoms with Crippen molar-refractivity contribution in [2.45, 2.75) is 39.5 Å². The Labute approximate surface area is 103 Å². The van der Waals surface area contributed by atoms with Gasteiger partial charge < -0.3 is 4.74 Å². The number of Topliss-reactive ketones (excluding diaryl/α,β-unsaturated/α-hetero) is 1. The molecule has 1 atom stereocenters. The Bertz CT molecular complexity index is 265. The summed E-state index contributed by atoms with van der Waals surface area (Å²) in [5, 5.41) is 0. The van der Waals surface area contributed by atoms with Gasteiger partial charge in [0.15, 0.2) is 5.78 Å². The minimum absolute atomic E-state index is 0.0272. The number of rotatable bonds is 7. The monoisotopic (exact) mass is 241 g/mol. The summed E-state index contributed by atoms with van der Waals surface area (Å²) in [4.78, 5) is 24.9. The van der Waals surface area contributed by atoms with Gasteiger partial charge in [-0.15, -0.1) is 0 Å². The Hall–Kier alpha value is -0.900. The molecule has 1 aliphatic heterocycles. The molecule has 0 aliphatic carbocycles. The molecule has 0 N–H and O–H groups in total. The molecule has 1 unspecified atom stereocenters. The van der Waals surface area contributed by atoms with Gasteiger partial charge in [-0.25, -0.2) is 0 Å². The maximum absolute atomic E-state index is 11.6. The van der Waals surface area contributed by atoms with Crippen LogP contribution in [0.5, 0.6) is 0 Å². The van der Waals surface area contributed by atoms with Gasteiger partial charge in [0, 0.05) is 6.54 Å². The predicted molar refractivity (Wildman–Crippen MR) is 65.7 cm³/mol. The predicted octanol–water partition coefficient (Wildman–Crippen LogP) is 1.63. The van der Waals surface area contributed by atoms with Crippen LogP contribution in [0, 0.1) is 5.92 Å². The normalized spacial score (nSPS) is 20.5. The first-order chi connectivity index (χ1) is 8.15. The minimum atomic E-state index is -0.401. The van der Waals surface area contributed by atoms with Crippen LogP contribution in [0.2, 0.25) is 0 Å². The van der Waals surface area contributed by atoms with Crippen LogP contribution in [0.25, 0.3) is 0 Å². The number of nitrogens with zero attached hydrogens (tertiary/aromatic N) is 1. The summed E-state index contributed by atoms with van der Waals surface area (Å²) < 4.78 is 4.76. The van der Waals surface area contributed by atoms with Crippen molar-refractivity contribution in [3.8, 4) is 0 Å². The van der Waals surface area contributed by atoms with Crippen molar-refractivity contribution in [2.24, 2.45) is 5.92 Å². The standard InChI is InChI=1S/C13H23NO3/c1-3-5-11-6-7-14(9-11)10-12(15)8-13(16)17-4-2/h11H,3-10H2,1-2H3. The number of esters is 1. The highest BCUT2D eigenvalue weighted by Gasteiger charge is 2.23. The number of ketones is 1. The topological polar surface area (TPSA) is 46.6 Å². The minimum Gasteiger partial charge on any atom is -0.466 e. The first-order valence-corrected chi connectivity index (χ1v) is 6.55. The van der Waals surface area contributed by atoms with E-state index < -0.39 is 5.97 Å². The van der Waals surface area contributed by atoms with Crippen LogP contribution in [-0.2, 0) is 14.3 Å². The average Bonchev–Trinajstić information content (AvgIpc) is 2.66. The number of hydrogen-bond donors (Lipinski definition) is 0. The lowest BCUT2D eigenvalue weighted by atomic mass is 10.0. The van der Waals surface area contributed by atoms with Crippen molar-refractivity contribution >= 4 is 11.8 Å². The number of ether oxygens (including phenoxy) is 1. The van der Waals surface area contributed by atoms with Gasteiger partial charge in [-0.3, -0.25) is 14.5 Å². The summed E-state index contributed by atoms with van der Waals surface area (Å²) in [5.74, 6) is 0.304. The fraction of sp³-hybridized carbons (Fsp3) is 0.846. The van der Waals surface area contributed by atoms with Crippen LogP contribution in [-0.4, -0.2) is 42.9 Å². The van der Waals surface area contributed by atoms with E-state index in [-0.39, 0.29) is 12.2 Å². The second-order valence-corrected chi connectivity index (χ2v) is 4.70. The fourth-order valence-corrected chi connectivity index (χ4v) is 2.38. The van der Waals surface area contributed by atoms with Crippen LogP contribution in [0.1, 0.15) is 39.5 Å². The zero-order valence-corrected chi connectivity index (χ0v) is 10.9. The number of likely N-dealkylation sites (tertiary alicyclic amines) is 1. The molecule has 0 spiro atoms. The molecule has 0 radical (unpaired) electrons. The van der Waals surface area contributed by atoms with Crippen LogP contribution in [0.3, 0.4) is 0 Å². The molecule has 0 aromatic heterocycles. The van der Waals surface area contributed by atoms with Crippen LogP contribution in [0.15, 0.2) is 0 Å². The van der Waals surface area contributed by atoms with E-state index in [1.807, 2.05) is 0 Å². The number of carbonyl (C=O) groups excluding carboxylic acids is 2. The fourth-order valence-electron chi connectivity index (χ4n) is 2.38. The van der Waals surface area contributed by atoms with Crippen molar-refractivity contribution in [1.29, 1.82) is 0 Å². The van der Waals surface area contributed by atoms with Crippen LogP contribution in [0.4, 0.5) is 0 Å². The molecule has 1 heterocycles. The maximum Gasteiger partial charge on any atom is 0.313 e. The highest BCUT2D eigenvalue weighted by Crippen LogP contribution is 2.20. The maximum atomic E-state index is 11.6. The lowest BCUT2D eigenvalue weighted by molar-refractivity contribution is -0.145. The lowest BCUT2D eigenvalue weighted by Gasteiger charge is -2.14. The molecular weight excluding hydrogens is 218 g/mol. The van der Waals surface area contributed by atoms with Gasteiger partial charge in [-0.05, 0) is 32.2 Å². The molecule has 4 heteroatoms. The highest BCUT2D eigenvalue weighted by atomic mass is 16.5. The molecular formula is C13H23NO3. The van der Waals surface area contributed by atoms with Crippen LogP contribution < -0.4 is 0 Å². The molecule has 1 saturated heterocycles. The van der Waals surface area contributed by atoms with E-state index in [0.29, 0.717) is 13.2 Å². The van der Waals surface area contributed by atoms with E-state index in [4.69, 9.17) is 4.74 Å². The summed E-state index contributed by atoms with van der Waals surface area (Å²) in [6.07, 6.45) is 3.54. The van der Waals surface area contributed by atoms with Crippen molar-refractivity contribution in [3.05, 3.63) is 0 Å². The molecule has 0 bridgehead atoms. The van der Waals surface area contributed by atoms with E-state index in [1.54, 1.807) is 6.92 Å². The lowest BCUT2D eigenvalue weighted by Crippen LogP contribution is -2.29. The van der Waals surface area contributed by atoms with Gasteiger partial charge in [0.25, 0.3) is 0 Å². The van der Waals surface area contributed by atoms with E-state index in [2.05, 4.69) is 11.8 Å². The summed E-state index contributed by atoms with van der Waals surface area (Å²) in [5.41, 5.74) is 0. The van der Waals surface area contributed by atoms with Gasteiger partial charge in [-0.1, -0.05) is 13.3 Å². The van der Waals surface area contributed by atoms with E-state index in [9.17, 15) is 9.59 Å². The first-order valence-electron chi connectivity index (χ1n) is 6.55. The molecule has 0 aromatic carbocycles.